The Morgan fingerprint density at radius 1 is 1.40 bits per heavy atom. The summed E-state index contributed by atoms with van der Waals surface area (Å²) in [6.45, 7) is 6.14. The highest BCUT2D eigenvalue weighted by Gasteiger charge is 2.19. The maximum Gasteiger partial charge on any atom is 0.337 e. The fraction of sp³-hybridized carbons (Fsp3) is 0.429. The minimum Gasteiger partial charge on any atom is -0.478 e. The Labute approximate surface area is 118 Å². The van der Waals surface area contributed by atoms with Crippen LogP contribution in [0.2, 0.25) is 0 Å². The molecule has 0 atom stereocenters. The van der Waals surface area contributed by atoms with E-state index >= 15 is 0 Å². The van der Waals surface area contributed by atoms with Crippen LogP contribution >= 0.6 is 0 Å². The second-order valence-corrected chi connectivity index (χ2v) is 4.78. The van der Waals surface area contributed by atoms with Crippen molar-refractivity contribution < 1.29 is 14.7 Å². The van der Waals surface area contributed by atoms with Crippen LogP contribution in [0.25, 0.3) is 0 Å². The Bertz CT molecular complexity index is 500. The van der Waals surface area contributed by atoms with Crippen LogP contribution in [0.1, 0.15) is 31.1 Å². The number of carboxylic acids is 1. The first-order chi connectivity index (χ1) is 9.36. The highest BCUT2D eigenvalue weighted by Crippen LogP contribution is 2.27. The van der Waals surface area contributed by atoms with E-state index in [4.69, 9.17) is 5.73 Å². The minimum atomic E-state index is -1.06. The highest BCUT2D eigenvalue weighted by molar-refractivity contribution is 5.99. The number of nitrogens with zero attached hydrogens (tertiary/aromatic N) is 1. The van der Waals surface area contributed by atoms with Crippen LogP contribution in [0.3, 0.4) is 0 Å². The summed E-state index contributed by atoms with van der Waals surface area (Å²) < 4.78 is 0. The number of para-hydroxylation sites is 1. The first-order valence-electron chi connectivity index (χ1n) is 6.52. The lowest BCUT2D eigenvalue weighted by Crippen LogP contribution is -2.40. The lowest BCUT2D eigenvalue weighted by atomic mass is 10.1. The molecular formula is C14H21N3O3. The van der Waals surface area contributed by atoms with Crippen molar-refractivity contribution in [2.45, 2.75) is 26.8 Å². The van der Waals surface area contributed by atoms with E-state index in [1.807, 2.05) is 20.8 Å². The van der Waals surface area contributed by atoms with Gasteiger partial charge in [0.15, 0.2) is 0 Å². The van der Waals surface area contributed by atoms with E-state index in [2.05, 4.69) is 5.32 Å². The number of carbonyl (C=O) groups excluding carboxylic acids is 1. The van der Waals surface area contributed by atoms with Crippen molar-refractivity contribution in [3.05, 3.63) is 23.8 Å². The number of hydrogen-bond acceptors (Lipinski definition) is 4. The number of nitrogens with two attached hydrogens (primary N) is 1. The molecule has 0 radical (unpaired) electrons. The molecule has 0 saturated carbocycles. The van der Waals surface area contributed by atoms with Crippen LogP contribution in [0.5, 0.6) is 0 Å². The zero-order chi connectivity index (χ0) is 15.3. The molecule has 0 unspecified atom stereocenters. The molecule has 6 heteroatoms. The first-order valence-corrected chi connectivity index (χ1v) is 6.52. The predicted octanol–water partition coefficient (Wildman–Crippen LogP) is 1.32. The zero-order valence-corrected chi connectivity index (χ0v) is 12.0. The zero-order valence-electron chi connectivity index (χ0n) is 12.0. The number of anilines is 2. The summed E-state index contributed by atoms with van der Waals surface area (Å²) in [7, 11) is 0. The summed E-state index contributed by atoms with van der Waals surface area (Å²) in [4.78, 5) is 24.8. The molecule has 1 aromatic rings. The lowest BCUT2D eigenvalue weighted by Gasteiger charge is -2.26. The molecule has 0 aliphatic carbocycles. The van der Waals surface area contributed by atoms with E-state index in [-0.39, 0.29) is 24.1 Å². The molecule has 1 rings (SSSR count). The molecule has 0 fully saturated rings. The summed E-state index contributed by atoms with van der Waals surface area (Å²) in [5.74, 6) is -1.23. The van der Waals surface area contributed by atoms with Gasteiger partial charge < -0.3 is 21.1 Å². The van der Waals surface area contributed by atoms with Gasteiger partial charge in [0.05, 0.1) is 23.5 Å². The molecule has 1 amide bonds. The molecule has 0 aromatic heterocycles. The molecule has 6 nitrogen and oxygen atoms in total. The van der Waals surface area contributed by atoms with Gasteiger partial charge in [0, 0.05) is 12.6 Å². The Morgan fingerprint density at radius 2 is 2.05 bits per heavy atom. The molecule has 0 spiro atoms. The van der Waals surface area contributed by atoms with E-state index in [1.54, 1.807) is 17.0 Å². The van der Waals surface area contributed by atoms with E-state index < -0.39 is 5.97 Å². The number of carboxylic acid groups (broad SMARTS) is 1. The summed E-state index contributed by atoms with van der Waals surface area (Å²) in [5, 5.41) is 12.0. The van der Waals surface area contributed by atoms with Gasteiger partial charge in [-0.2, -0.15) is 0 Å². The monoisotopic (exact) mass is 279 g/mol. The Kier molecular flexibility index (Phi) is 5.37. The van der Waals surface area contributed by atoms with Gasteiger partial charge in [-0.3, -0.25) is 4.79 Å². The van der Waals surface area contributed by atoms with Gasteiger partial charge in [0.1, 0.15) is 0 Å². The van der Waals surface area contributed by atoms with Crippen LogP contribution in [0.15, 0.2) is 18.2 Å². The maximum atomic E-state index is 11.8. The Balaban J connectivity index is 3.06. The molecule has 0 aliphatic heterocycles. The fourth-order valence-corrected chi connectivity index (χ4v) is 1.98. The van der Waals surface area contributed by atoms with E-state index in [0.717, 1.165) is 0 Å². The number of aromatic carboxylic acids is 1. The van der Waals surface area contributed by atoms with Gasteiger partial charge in [-0.25, -0.2) is 4.79 Å². The third-order valence-electron chi connectivity index (χ3n) is 2.78. The molecule has 0 aliphatic rings. The van der Waals surface area contributed by atoms with Crippen molar-refractivity contribution in [3.8, 4) is 0 Å². The van der Waals surface area contributed by atoms with Crippen LogP contribution in [0, 0.1) is 0 Å². The normalized spacial score (nSPS) is 10.4. The minimum absolute atomic E-state index is 0.0354. The number of hydrogen-bond donors (Lipinski definition) is 3. The van der Waals surface area contributed by atoms with E-state index in [1.165, 1.54) is 6.07 Å². The number of rotatable bonds is 6. The summed E-state index contributed by atoms with van der Waals surface area (Å²) in [6.07, 6.45) is 0. The standard InChI is InChI=1S/C14H21N3O3/c1-4-17(8-12(18)16-9(2)3)13-10(14(19)20)6-5-7-11(13)15/h5-7,9H,4,8,15H2,1-3H3,(H,16,18)(H,19,20). The number of amides is 1. The van der Waals surface area contributed by atoms with Gasteiger partial charge >= 0.3 is 5.97 Å². The molecule has 20 heavy (non-hydrogen) atoms. The first kappa shape index (κ1) is 15.8. The van der Waals surface area contributed by atoms with Crippen LogP contribution in [-0.4, -0.2) is 36.1 Å². The van der Waals surface area contributed by atoms with E-state index in [9.17, 15) is 14.7 Å². The molecular weight excluding hydrogens is 258 g/mol. The molecule has 4 N–H and O–H groups in total. The average Bonchev–Trinajstić information content (AvgIpc) is 2.35. The van der Waals surface area contributed by atoms with Gasteiger partial charge in [0.2, 0.25) is 5.91 Å². The predicted molar refractivity (Wildman–Crippen MR) is 79.0 cm³/mol. The maximum absolute atomic E-state index is 11.8. The molecule has 0 saturated heterocycles. The van der Waals surface area contributed by atoms with E-state index in [0.29, 0.717) is 17.9 Å². The molecule has 110 valence electrons. The smallest absolute Gasteiger partial charge is 0.337 e. The number of benzene rings is 1. The van der Waals surface area contributed by atoms with Crippen molar-refractivity contribution >= 4 is 23.3 Å². The topological polar surface area (TPSA) is 95.7 Å². The fourth-order valence-electron chi connectivity index (χ4n) is 1.98. The molecule has 0 heterocycles. The second-order valence-electron chi connectivity index (χ2n) is 4.78. The van der Waals surface area contributed by atoms with Gasteiger partial charge in [-0.15, -0.1) is 0 Å². The van der Waals surface area contributed by atoms with Crippen molar-refractivity contribution in [1.82, 2.24) is 5.32 Å². The third-order valence-corrected chi connectivity index (χ3v) is 2.78. The number of nitrogen functional groups attached to an aromatic ring is 1. The number of nitrogens with one attached hydrogen (secondary N) is 1. The van der Waals surface area contributed by atoms with Crippen molar-refractivity contribution in [3.63, 3.8) is 0 Å². The van der Waals surface area contributed by atoms with Crippen LogP contribution < -0.4 is 16.0 Å². The quantitative estimate of drug-likeness (QED) is 0.682. The lowest BCUT2D eigenvalue weighted by molar-refractivity contribution is -0.120. The Hall–Kier alpha value is -2.24. The van der Waals surface area contributed by atoms with Crippen molar-refractivity contribution in [2.24, 2.45) is 0 Å². The summed E-state index contributed by atoms with van der Waals surface area (Å²) >= 11 is 0. The SMILES string of the molecule is CCN(CC(=O)NC(C)C)c1c(N)cccc1C(=O)O. The van der Waals surface area contributed by atoms with Gasteiger partial charge in [-0.1, -0.05) is 6.07 Å². The van der Waals surface area contributed by atoms with Crippen molar-refractivity contribution in [2.75, 3.05) is 23.7 Å². The van der Waals surface area contributed by atoms with Gasteiger partial charge in [0.25, 0.3) is 0 Å². The number of likely N-dealkylation sites (N-methyl/N-ethyl adjacent to an activating group) is 1. The third kappa shape index (κ3) is 3.88. The second kappa shape index (κ2) is 6.79. The van der Waals surface area contributed by atoms with Crippen molar-refractivity contribution in [1.29, 1.82) is 0 Å². The Morgan fingerprint density at radius 3 is 2.55 bits per heavy atom. The summed E-state index contributed by atoms with van der Waals surface area (Å²) in [5.41, 5.74) is 6.72. The number of carbonyl (C=O) groups is 2. The highest BCUT2D eigenvalue weighted by atomic mass is 16.4. The van der Waals surface area contributed by atoms with Gasteiger partial charge in [-0.05, 0) is 32.9 Å². The largest absolute Gasteiger partial charge is 0.478 e. The average molecular weight is 279 g/mol. The summed E-state index contributed by atoms with van der Waals surface area (Å²) in [6, 6.07) is 4.74. The molecule has 1 aromatic carbocycles. The molecule has 0 bridgehead atoms. The van der Waals surface area contributed by atoms with Crippen LogP contribution in [-0.2, 0) is 4.79 Å². The van der Waals surface area contributed by atoms with Crippen LogP contribution in [0.4, 0.5) is 11.4 Å².